The van der Waals surface area contributed by atoms with Crippen LogP contribution in [-0.2, 0) is 31.3 Å². The van der Waals surface area contributed by atoms with Gasteiger partial charge in [-0.3, -0.25) is 4.79 Å². The average Bonchev–Trinajstić information content (AvgIpc) is 3.99. The van der Waals surface area contributed by atoms with E-state index >= 15 is 4.39 Å². The van der Waals surface area contributed by atoms with E-state index in [0.717, 1.165) is 6.07 Å². The summed E-state index contributed by atoms with van der Waals surface area (Å²) in [5, 5.41) is 16.2. The van der Waals surface area contributed by atoms with Crippen molar-refractivity contribution >= 4 is 89.7 Å². The summed E-state index contributed by atoms with van der Waals surface area (Å²) >= 11 is 3.33. The molecule has 0 aliphatic carbocycles. The molecule has 7 N–H and O–H groups in total. The summed E-state index contributed by atoms with van der Waals surface area (Å²) in [5.41, 5.74) is 6.22. The second-order valence-electron chi connectivity index (χ2n) is 16.4. The van der Waals surface area contributed by atoms with Gasteiger partial charge in [0.25, 0.3) is 11.8 Å². The number of alkyl halides is 1. The van der Waals surface area contributed by atoms with Crippen molar-refractivity contribution in [2.24, 2.45) is 12.8 Å². The lowest BCUT2D eigenvalue weighted by molar-refractivity contribution is -0.0256. The first-order valence-electron chi connectivity index (χ1n) is 21.2. The number of imidazole rings is 1. The van der Waals surface area contributed by atoms with Crippen LogP contribution < -0.4 is 41.4 Å². The number of nitrogens with one attached hydrogen (secondary N) is 5. The van der Waals surface area contributed by atoms with Gasteiger partial charge in [-0.25, -0.2) is 41.4 Å². The Labute approximate surface area is 403 Å². The molecule has 368 valence electrons. The lowest BCUT2D eigenvalue weighted by atomic mass is 10.1. The van der Waals surface area contributed by atoms with Gasteiger partial charge in [0.2, 0.25) is 21.9 Å². The monoisotopic (exact) mass is 1040 g/mol. The minimum Gasteiger partial charge on any atom is -0.478 e. The number of aromatic nitrogens is 8. The Balaban J connectivity index is 0.875. The topological polar surface area (TPSA) is 282 Å². The van der Waals surface area contributed by atoms with Crippen LogP contribution >= 0.6 is 15.9 Å². The molecule has 0 radical (unpaired) electrons. The Morgan fingerprint density at radius 2 is 1.74 bits per heavy atom. The molecule has 6 aromatic rings. The number of carbonyl (C=O) groups excluding carboxylic acids is 2. The Bertz CT molecular complexity index is 2920. The highest BCUT2D eigenvalue weighted by Gasteiger charge is 2.37. The number of anilines is 7. The Morgan fingerprint density at radius 3 is 2.46 bits per heavy atom. The van der Waals surface area contributed by atoms with Gasteiger partial charge in [-0.2, -0.15) is 15.0 Å². The predicted molar refractivity (Wildman–Crippen MR) is 253 cm³/mol. The molecule has 0 bridgehead atoms. The first kappa shape index (κ1) is 50.1. The zero-order valence-electron chi connectivity index (χ0n) is 38.2. The number of sulfonamides is 1. The van der Waals surface area contributed by atoms with E-state index in [1.54, 1.807) is 56.7 Å². The molecule has 2 aromatic carbocycles. The first-order chi connectivity index (χ1) is 32.8. The van der Waals surface area contributed by atoms with Crippen LogP contribution in [0.5, 0.6) is 5.88 Å². The van der Waals surface area contributed by atoms with Crippen molar-refractivity contribution in [1.82, 2.24) is 49.3 Å². The van der Waals surface area contributed by atoms with Gasteiger partial charge in [0.15, 0.2) is 17.0 Å². The van der Waals surface area contributed by atoms with E-state index in [-0.39, 0.29) is 79.2 Å². The van der Waals surface area contributed by atoms with Crippen molar-refractivity contribution in [2.45, 2.75) is 56.6 Å². The highest BCUT2D eigenvalue weighted by Crippen LogP contribution is 2.33. The van der Waals surface area contributed by atoms with Crippen molar-refractivity contribution < 1.29 is 45.7 Å². The van der Waals surface area contributed by atoms with Crippen LogP contribution in [-0.4, -0.2) is 124 Å². The Hall–Kier alpha value is -6.81. The molecule has 69 heavy (non-hydrogen) atoms. The average molecular weight is 1040 g/mol. The number of primary amides is 1. The maximum Gasteiger partial charge on any atom is 0.408 e. The number of fused-ring (bicyclic) bond motifs is 1. The fourth-order valence-electron chi connectivity index (χ4n) is 6.83. The summed E-state index contributed by atoms with van der Waals surface area (Å²) < 4.78 is 84.1. The molecule has 1 unspecified atom stereocenters. The molecule has 27 heteroatoms. The third kappa shape index (κ3) is 12.5. The maximum absolute atomic E-state index is 15.2. The highest BCUT2D eigenvalue weighted by atomic mass is 79.9. The van der Waals surface area contributed by atoms with Crippen molar-refractivity contribution in [3.05, 3.63) is 77.0 Å². The van der Waals surface area contributed by atoms with Gasteiger partial charge in [-0.05, 0) is 80.0 Å². The van der Waals surface area contributed by atoms with Crippen LogP contribution in [0.2, 0.25) is 0 Å². The van der Waals surface area contributed by atoms with Gasteiger partial charge < -0.3 is 55.4 Å². The van der Waals surface area contributed by atoms with Crippen LogP contribution in [0.1, 0.15) is 44.3 Å². The number of amides is 2. The molecule has 7 rings (SSSR count). The molecule has 1 aliphatic heterocycles. The minimum atomic E-state index is -3.89. The largest absolute Gasteiger partial charge is 0.478 e. The number of rotatable bonds is 20. The van der Waals surface area contributed by atoms with E-state index in [9.17, 15) is 22.4 Å². The fraction of sp³-hybridized carbons (Fsp3) is 0.381. The number of hydrogen-bond donors (Lipinski definition) is 6. The molecule has 23 nitrogen and oxygen atoms in total. The molecule has 2 amide bonds. The van der Waals surface area contributed by atoms with Gasteiger partial charge in [0, 0.05) is 32.0 Å². The van der Waals surface area contributed by atoms with Crippen LogP contribution in [0, 0.1) is 5.82 Å². The summed E-state index contributed by atoms with van der Waals surface area (Å²) in [5.74, 6) is -0.663. The number of alkyl carbamates (subject to hydrolysis) is 1. The highest BCUT2D eigenvalue weighted by molar-refractivity contribution is 9.10. The predicted octanol–water partition coefficient (Wildman–Crippen LogP) is 5.17. The van der Waals surface area contributed by atoms with Crippen LogP contribution in [0.3, 0.4) is 0 Å². The standard InChI is InChI=1S/C42H50BrF2N15O8S/c1-23(60-21-31(38(57-60)65-6)52-36-33-37(58(5)22-48-33)56-40(55-36)59-19-28(45)30(20-59)53-41(62)68-42(2,3)4)67-17-16-66-15-14-49-69(63,64)25-12-10-24(11-13-25)50-39-47-18-26(43)35(54-39)51-29-9-7-8-27(44)32(29)34(46)61/h7-13,18,21-23,28,30,49H,14-17,19-20H2,1-6H3,(H2,46,61)(H,53,62)(H,52,55,56)(H2,47,50,51,54)/t23?,28-,30-/m1/s1. The number of methoxy groups -OCH3 is 1. The molecule has 3 atom stereocenters. The minimum absolute atomic E-state index is 0.00634. The zero-order valence-corrected chi connectivity index (χ0v) is 40.6. The lowest BCUT2D eigenvalue weighted by Crippen LogP contribution is -2.44. The Morgan fingerprint density at radius 1 is 0.986 bits per heavy atom. The van der Waals surface area contributed by atoms with Gasteiger partial charge in [0.1, 0.15) is 35.3 Å². The molecular weight excluding hydrogens is 993 g/mol. The Kier molecular flexibility index (Phi) is 15.4. The van der Waals surface area contributed by atoms with E-state index in [1.165, 1.54) is 54.4 Å². The van der Waals surface area contributed by atoms with E-state index in [1.807, 2.05) is 0 Å². The van der Waals surface area contributed by atoms with Crippen molar-refractivity contribution in [2.75, 3.05) is 67.4 Å². The number of benzene rings is 2. The number of ether oxygens (including phenoxy) is 4. The second kappa shape index (κ2) is 21.2. The van der Waals surface area contributed by atoms with E-state index in [0.29, 0.717) is 32.8 Å². The van der Waals surface area contributed by atoms with Crippen LogP contribution in [0.4, 0.5) is 54.2 Å². The molecule has 1 aliphatic rings. The summed E-state index contributed by atoms with van der Waals surface area (Å²) in [7, 11) is -0.664. The van der Waals surface area contributed by atoms with E-state index in [2.05, 4.69) is 67.0 Å². The molecule has 4 aromatic heterocycles. The smallest absolute Gasteiger partial charge is 0.408 e. The number of hydrogen-bond acceptors (Lipinski definition) is 18. The summed E-state index contributed by atoms with van der Waals surface area (Å²) in [4.78, 5) is 48.3. The fourth-order valence-corrected chi connectivity index (χ4v) is 8.13. The van der Waals surface area contributed by atoms with E-state index < -0.39 is 51.9 Å². The van der Waals surface area contributed by atoms with Crippen LogP contribution in [0.25, 0.3) is 11.2 Å². The maximum atomic E-state index is 15.2. The molecular formula is C42H50BrF2N15O8S. The molecule has 0 saturated carbocycles. The molecule has 1 saturated heterocycles. The summed E-state index contributed by atoms with van der Waals surface area (Å²) in [6.07, 6.45) is 1.97. The number of nitrogens with two attached hydrogens (primary N) is 1. The lowest BCUT2D eigenvalue weighted by Gasteiger charge is -2.22. The van der Waals surface area contributed by atoms with E-state index in [4.69, 9.17) is 29.7 Å². The van der Waals surface area contributed by atoms with Gasteiger partial charge in [-0.15, -0.1) is 5.10 Å². The number of halogens is 3. The third-order valence-electron chi connectivity index (χ3n) is 10.1. The quantitative estimate of drug-likeness (QED) is 0.0538. The molecule has 0 spiro atoms. The third-order valence-corrected chi connectivity index (χ3v) is 12.2. The van der Waals surface area contributed by atoms with Crippen molar-refractivity contribution in [3.8, 4) is 5.88 Å². The van der Waals surface area contributed by atoms with Gasteiger partial charge in [-0.1, -0.05) is 6.07 Å². The SMILES string of the molecule is COc1nn(C(C)OCCOCCNS(=O)(=O)c2ccc(Nc3ncc(Br)c(Nc4cccc(F)c4C(N)=O)n3)cc2)cc1Nc1nc(N2C[C@@H](F)[C@H](NC(=O)OC(C)(C)C)C2)nc2c1ncn2C. The normalized spacial score (nSPS) is 15.5. The van der Waals surface area contributed by atoms with Crippen LogP contribution in [0.15, 0.2) is 70.6 Å². The van der Waals surface area contributed by atoms with Gasteiger partial charge in [0.05, 0.1) is 72.7 Å². The van der Waals surface area contributed by atoms with Gasteiger partial charge >= 0.3 is 6.09 Å². The first-order valence-corrected chi connectivity index (χ1v) is 23.5. The van der Waals surface area contributed by atoms with Crippen molar-refractivity contribution in [3.63, 3.8) is 0 Å². The van der Waals surface area contributed by atoms with Crippen molar-refractivity contribution in [1.29, 1.82) is 0 Å². The summed E-state index contributed by atoms with van der Waals surface area (Å²) in [6.45, 7) is 7.32. The number of nitrogens with zero attached hydrogens (tertiary/aromatic N) is 9. The molecule has 1 fully saturated rings. The number of carbonyl (C=O) groups is 2. The second-order valence-corrected chi connectivity index (χ2v) is 19.0. The zero-order chi connectivity index (χ0) is 49.6. The number of aryl methyl sites for hydroxylation is 1. The molecule has 5 heterocycles. The summed E-state index contributed by atoms with van der Waals surface area (Å²) in [6, 6.07) is 9.03.